The highest BCUT2D eigenvalue weighted by Gasteiger charge is 2.33. The van der Waals surface area contributed by atoms with Crippen LogP contribution in [0.3, 0.4) is 0 Å². The Bertz CT molecular complexity index is 1050. The van der Waals surface area contributed by atoms with Gasteiger partial charge in [0, 0.05) is 52.5 Å². The molecule has 2 amide bonds. The zero-order valence-corrected chi connectivity index (χ0v) is 18.9. The van der Waals surface area contributed by atoms with Crippen LogP contribution in [-0.2, 0) is 35.5 Å². The van der Waals surface area contributed by atoms with Gasteiger partial charge in [-0.1, -0.05) is 30.3 Å². The van der Waals surface area contributed by atoms with E-state index in [-0.39, 0.29) is 29.0 Å². The van der Waals surface area contributed by atoms with Crippen LogP contribution >= 0.6 is 0 Å². The Morgan fingerprint density at radius 1 is 1.12 bits per heavy atom. The van der Waals surface area contributed by atoms with Gasteiger partial charge in [0.1, 0.15) is 5.56 Å². The summed E-state index contributed by atoms with van der Waals surface area (Å²) in [6.45, 7) is 6.66. The van der Waals surface area contributed by atoms with E-state index in [1.807, 2.05) is 43.5 Å². The highest BCUT2D eigenvalue weighted by Crippen LogP contribution is 2.24. The zero-order chi connectivity index (χ0) is 22.7. The van der Waals surface area contributed by atoms with E-state index in [0.717, 1.165) is 23.1 Å². The Morgan fingerprint density at radius 2 is 1.91 bits per heavy atom. The van der Waals surface area contributed by atoms with Crippen LogP contribution in [-0.4, -0.2) is 58.5 Å². The Balaban J connectivity index is 1.67. The standard InChI is InChI=1S/C25H31N3O4/c1-3-32-21-10-13-28(17-21)25(31)23-22-11-14-26(18(2)29)15-20(22)16-27(24(23)30)12-9-19-7-5-4-6-8-19/h4-8,16,21H,3,9-15,17H2,1-2H3. The molecule has 1 unspecified atom stereocenters. The molecule has 0 N–H and O–H groups in total. The minimum absolute atomic E-state index is 0.00432. The third kappa shape index (κ3) is 4.63. The van der Waals surface area contributed by atoms with Crippen LogP contribution in [0, 0.1) is 0 Å². The monoisotopic (exact) mass is 437 g/mol. The van der Waals surface area contributed by atoms with Crippen molar-refractivity contribution in [3.63, 3.8) is 0 Å². The fourth-order valence-corrected chi connectivity index (χ4v) is 4.70. The third-order valence-electron chi connectivity index (χ3n) is 6.45. The largest absolute Gasteiger partial charge is 0.377 e. The summed E-state index contributed by atoms with van der Waals surface area (Å²) in [6.07, 6.45) is 3.87. The first kappa shape index (κ1) is 22.3. The molecular weight excluding hydrogens is 406 g/mol. The van der Waals surface area contributed by atoms with Crippen molar-refractivity contribution in [2.24, 2.45) is 0 Å². The van der Waals surface area contributed by atoms with Gasteiger partial charge < -0.3 is 19.1 Å². The second-order valence-electron chi connectivity index (χ2n) is 8.55. The molecule has 7 nitrogen and oxygen atoms in total. The van der Waals surface area contributed by atoms with Crippen molar-refractivity contribution in [1.29, 1.82) is 0 Å². The first-order chi connectivity index (χ1) is 15.5. The fourth-order valence-electron chi connectivity index (χ4n) is 4.70. The van der Waals surface area contributed by atoms with Gasteiger partial charge in [0.15, 0.2) is 0 Å². The lowest BCUT2D eigenvalue weighted by molar-refractivity contribution is -0.129. The number of aromatic nitrogens is 1. The van der Waals surface area contributed by atoms with E-state index >= 15 is 0 Å². The van der Waals surface area contributed by atoms with Crippen molar-refractivity contribution in [2.45, 2.75) is 52.3 Å². The number of ether oxygens (including phenoxy) is 1. The van der Waals surface area contributed by atoms with E-state index < -0.39 is 0 Å². The third-order valence-corrected chi connectivity index (χ3v) is 6.45. The Hall–Kier alpha value is -2.93. The van der Waals surface area contributed by atoms with Crippen molar-refractivity contribution in [2.75, 3.05) is 26.2 Å². The maximum absolute atomic E-state index is 13.5. The predicted octanol–water partition coefficient (Wildman–Crippen LogP) is 2.25. The summed E-state index contributed by atoms with van der Waals surface area (Å²) in [7, 11) is 0. The number of pyridine rings is 1. The van der Waals surface area contributed by atoms with E-state index in [4.69, 9.17) is 4.74 Å². The molecule has 4 rings (SSSR count). The highest BCUT2D eigenvalue weighted by atomic mass is 16.5. The second-order valence-corrected chi connectivity index (χ2v) is 8.55. The molecule has 2 aromatic rings. The van der Waals surface area contributed by atoms with Gasteiger partial charge in [-0.05, 0) is 42.9 Å². The number of hydrogen-bond donors (Lipinski definition) is 0. The van der Waals surface area contributed by atoms with E-state index in [1.165, 1.54) is 0 Å². The molecule has 1 fully saturated rings. The molecule has 0 bridgehead atoms. The lowest BCUT2D eigenvalue weighted by atomic mass is 9.95. The summed E-state index contributed by atoms with van der Waals surface area (Å²) in [4.78, 5) is 42.5. The number of benzene rings is 1. The van der Waals surface area contributed by atoms with Gasteiger partial charge in [0.25, 0.3) is 11.5 Å². The number of rotatable bonds is 6. The number of amides is 2. The predicted molar refractivity (Wildman–Crippen MR) is 122 cm³/mol. The van der Waals surface area contributed by atoms with Gasteiger partial charge in [-0.2, -0.15) is 0 Å². The quantitative estimate of drug-likeness (QED) is 0.695. The maximum Gasteiger partial charge on any atom is 0.263 e. The van der Waals surface area contributed by atoms with Crippen molar-refractivity contribution in [3.05, 3.63) is 69.1 Å². The molecule has 170 valence electrons. The molecule has 3 heterocycles. The van der Waals surface area contributed by atoms with Crippen LogP contribution < -0.4 is 5.56 Å². The van der Waals surface area contributed by atoms with Gasteiger partial charge in [0.2, 0.25) is 5.91 Å². The van der Waals surface area contributed by atoms with Crippen LogP contribution in [0.25, 0.3) is 0 Å². The summed E-state index contributed by atoms with van der Waals surface area (Å²) < 4.78 is 7.34. The van der Waals surface area contributed by atoms with Gasteiger partial charge in [-0.25, -0.2) is 0 Å². The van der Waals surface area contributed by atoms with Crippen LogP contribution in [0.15, 0.2) is 41.3 Å². The molecular formula is C25H31N3O4. The van der Waals surface area contributed by atoms with Crippen molar-refractivity contribution in [1.82, 2.24) is 14.4 Å². The molecule has 0 radical (unpaired) electrons. The number of hydrogen-bond acceptors (Lipinski definition) is 4. The zero-order valence-electron chi connectivity index (χ0n) is 18.9. The fraction of sp³-hybridized carbons (Fsp3) is 0.480. The molecule has 0 aliphatic carbocycles. The Labute approximate surface area is 188 Å². The number of carbonyl (C=O) groups is 2. The van der Waals surface area contributed by atoms with Crippen molar-refractivity contribution < 1.29 is 14.3 Å². The molecule has 2 aliphatic rings. The summed E-state index contributed by atoms with van der Waals surface area (Å²) in [5.41, 5.74) is 2.86. The summed E-state index contributed by atoms with van der Waals surface area (Å²) in [5, 5.41) is 0. The van der Waals surface area contributed by atoms with Crippen LogP contribution in [0.1, 0.15) is 47.3 Å². The van der Waals surface area contributed by atoms with Gasteiger partial charge in [-0.15, -0.1) is 0 Å². The molecule has 1 aromatic carbocycles. The van der Waals surface area contributed by atoms with Gasteiger partial charge in [-0.3, -0.25) is 14.4 Å². The normalized spacial score (nSPS) is 18.0. The molecule has 32 heavy (non-hydrogen) atoms. The molecule has 0 spiro atoms. The number of likely N-dealkylation sites (tertiary alicyclic amines) is 1. The first-order valence-electron chi connectivity index (χ1n) is 11.4. The lowest BCUT2D eigenvalue weighted by Crippen LogP contribution is -2.42. The smallest absolute Gasteiger partial charge is 0.263 e. The topological polar surface area (TPSA) is 71.8 Å². The van der Waals surface area contributed by atoms with Crippen molar-refractivity contribution >= 4 is 11.8 Å². The van der Waals surface area contributed by atoms with Crippen molar-refractivity contribution in [3.8, 4) is 0 Å². The minimum atomic E-state index is -0.235. The summed E-state index contributed by atoms with van der Waals surface area (Å²) >= 11 is 0. The average Bonchev–Trinajstić information content (AvgIpc) is 3.26. The first-order valence-corrected chi connectivity index (χ1v) is 11.4. The number of aryl methyl sites for hydroxylation is 2. The van der Waals surface area contributed by atoms with Crippen LogP contribution in [0.2, 0.25) is 0 Å². The lowest BCUT2D eigenvalue weighted by Gasteiger charge is -2.30. The Morgan fingerprint density at radius 3 is 2.62 bits per heavy atom. The second kappa shape index (κ2) is 9.69. The van der Waals surface area contributed by atoms with E-state index in [9.17, 15) is 14.4 Å². The van der Waals surface area contributed by atoms with E-state index in [2.05, 4.69) is 0 Å². The molecule has 0 saturated carbocycles. The van der Waals surface area contributed by atoms with E-state index in [0.29, 0.717) is 52.2 Å². The molecule has 1 saturated heterocycles. The molecule has 1 atom stereocenters. The van der Waals surface area contributed by atoms with Crippen LogP contribution in [0.4, 0.5) is 0 Å². The molecule has 2 aliphatic heterocycles. The molecule has 7 heteroatoms. The summed E-state index contributed by atoms with van der Waals surface area (Å²) in [6, 6.07) is 9.99. The highest BCUT2D eigenvalue weighted by molar-refractivity contribution is 5.96. The van der Waals surface area contributed by atoms with Gasteiger partial charge >= 0.3 is 0 Å². The number of fused-ring (bicyclic) bond motifs is 1. The van der Waals surface area contributed by atoms with Gasteiger partial charge in [0.05, 0.1) is 6.10 Å². The average molecular weight is 438 g/mol. The van der Waals surface area contributed by atoms with E-state index in [1.54, 1.807) is 21.3 Å². The number of nitrogens with zero attached hydrogens (tertiary/aromatic N) is 3. The number of carbonyl (C=O) groups excluding carboxylic acids is 2. The maximum atomic E-state index is 13.5. The SMILES string of the molecule is CCOC1CCN(C(=O)c2c3c(cn(CCc4ccccc4)c2=O)CN(C(C)=O)CC3)C1. The minimum Gasteiger partial charge on any atom is -0.377 e. The molecule has 1 aromatic heterocycles. The van der Waals surface area contributed by atoms with Crippen LogP contribution in [0.5, 0.6) is 0 Å². The Kier molecular flexibility index (Phi) is 6.74. The summed E-state index contributed by atoms with van der Waals surface area (Å²) in [5.74, 6) is -0.205.